The predicted molar refractivity (Wildman–Crippen MR) is 133 cm³/mol. The molecule has 3 heteroatoms. The smallest absolute Gasteiger partial charge is 0.226 e. The normalized spacial score (nSPS) is 17.0. The zero-order valence-electron chi connectivity index (χ0n) is 18.5. The van der Waals surface area contributed by atoms with Crippen molar-refractivity contribution in [2.45, 2.75) is 18.8 Å². The second-order valence-corrected chi connectivity index (χ2v) is 8.10. The maximum Gasteiger partial charge on any atom is 0.226 e. The van der Waals surface area contributed by atoms with Gasteiger partial charge < -0.3 is 4.74 Å². The number of hydrogen-bond acceptors (Lipinski definition) is 2. The molecule has 162 valence electrons. The van der Waals surface area contributed by atoms with Crippen molar-refractivity contribution in [3.05, 3.63) is 144 Å². The summed E-state index contributed by atoms with van der Waals surface area (Å²) in [4.78, 5) is 14.6. The van der Waals surface area contributed by atoms with Crippen LogP contribution in [0.15, 0.2) is 121 Å². The zero-order valence-corrected chi connectivity index (χ0v) is 18.5. The van der Waals surface area contributed by atoms with Gasteiger partial charge in [-0.15, -0.1) is 0 Å². The highest BCUT2D eigenvalue weighted by Crippen LogP contribution is 2.49. The van der Waals surface area contributed by atoms with E-state index in [0.29, 0.717) is 0 Å². The number of hydrogen-bond donors (Lipinski definition) is 0. The van der Waals surface area contributed by atoms with Crippen molar-refractivity contribution in [2.75, 3.05) is 4.90 Å². The highest BCUT2D eigenvalue weighted by molar-refractivity contribution is 5.94. The minimum atomic E-state index is -0.864. The summed E-state index contributed by atoms with van der Waals surface area (Å²) >= 11 is 0. The molecular weight excluding hydrogens is 406 g/mol. The number of amides is 1. The summed E-state index contributed by atoms with van der Waals surface area (Å²) in [5, 5.41) is 0. The van der Waals surface area contributed by atoms with Gasteiger partial charge in [-0.25, -0.2) is 0 Å². The van der Waals surface area contributed by atoms with Crippen molar-refractivity contribution in [3.8, 4) is 0 Å². The van der Waals surface area contributed by atoms with E-state index in [-0.39, 0.29) is 5.91 Å². The molecule has 0 aromatic heterocycles. The lowest BCUT2D eigenvalue weighted by atomic mass is 9.78. The number of carbonyl (C=O) groups excluding carboxylic acids is 1. The Kier molecular flexibility index (Phi) is 5.64. The molecule has 5 rings (SSSR count). The molecule has 1 heterocycles. The van der Waals surface area contributed by atoms with Crippen LogP contribution in [-0.4, -0.2) is 12.1 Å². The number of ether oxygens (including phenoxy) is 1. The van der Waals surface area contributed by atoms with Crippen LogP contribution in [0, 0.1) is 0 Å². The molecule has 0 aliphatic carbocycles. The maximum atomic E-state index is 12.9. The van der Waals surface area contributed by atoms with Crippen LogP contribution in [0.5, 0.6) is 0 Å². The molecule has 1 atom stereocenters. The molecule has 1 amide bonds. The van der Waals surface area contributed by atoms with Crippen LogP contribution >= 0.6 is 0 Å². The highest BCUT2D eigenvalue weighted by atomic mass is 16.5. The molecule has 4 aromatic rings. The van der Waals surface area contributed by atoms with Gasteiger partial charge in [0.05, 0.1) is 5.69 Å². The van der Waals surface area contributed by atoms with Gasteiger partial charge in [0.25, 0.3) is 0 Å². The Bertz CT molecular complexity index is 1230. The lowest BCUT2D eigenvalue weighted by Gasteiger charge is -2.47. The van der Waals surface area contributed by atoms with Gasteiger partial charge in [0.1, 0.15) is 5.60 Å². The second-order valence-electron chi connectivity index (χ2n) is 8.10. The van der Waals surface area contributed by atoms with E-state index in [1.165, 1.54) is 0 Å². The van der Waals surface area contributed by atoms with Gasteiger partial charge in [0.15, 0.2) is 6.23 Å². The molecule has 0 radical (unpaired) electrons. The van der Waals surface area contributed by atoms with E-state index >= 15 is 0 Å². The van der Waals surface area contributed by atoms with Gasteiger partial charge in [0, 0.05) is 12.5 Å². The Hall–Kier alpha value is -3.95. The van der Waals surface area contributed by atoms with E-state index < -0.39 is 11.8 Å². The fourth-order valence-electron chi connectivity index (χ4n) is 4.61. The summed E-state index contributed by atoms with van der Waals surface area (Å²) in [5.74, 6) is -0.0696. The highest BCUT2D eigenvalue weighted by Gasteiger charge is 2.47. The van der Waals surface area contributed by atoms with Crippen molar-refractivity contribution in [3.63, 3.8) is 0 Å². The Morgan fingerprint density at radius 3 is 1.85 bits per heavy atom. The van der Waals surface area contributed by atoms with Gasteiger partial charge in [-0.2, -0.15) is 0 Å². The summed E-state index contributed by atoms with van der Waals surface area (Å²) in [6.07, 6.45) is 3.39. The maximum absolute atomic E-state index is 12.9. The van der Waals surface area contributed by atoms with Gasteiger partial charge >= 0.3 is 0 Å². The van der Waals surface area contributed by atoms with Crippen molar-refractivity contribution in [2.24, 2.45) is 0 Å². The summed E-state index contributed by atoms with van der Waals surface area (Å²) in [6.45, 7) is 1.58. The summed E-state index contributed by atoms with van der Waals surface area (Å²) in [5.41, 5.74) is 4.02. The van der Waals surface area contributed by atoms with Crippen LogP contribution in [0.25, 0.3) is 6.08 Å². The number of anilines is 1. The molecule has 0 unspecified atom stereocenters. The topological polar surface area (TPSA) is 29.5 Å². The van der Waals surface area contributed by atoms with Crippen LogP contribution in [0.4, 0.5) is 5.69 Å². The zero-order chi connectivity index (χ0) is 22.7. The number of para-hydroxylation sites is 1. The molecule has 1 aliphatic rings. The van der Waals surface area contributed by atoms with Crippen LogP contribution in [-0.2, 0) is 15.1 Å². The van der Waals surface area contributed by atoms with Crippen LogP contribution in [0.2, 0.25) is 0 Å². The van der Waals surface area contributed by atoms with Gasteiger partial charge in [-0.1, -0.05) is 115 Å². The van der Waals surface area contributed by atoms with Crippen LogP contribution in [0.3, 0.4) is 0 Å². The molecule has 33 heavy (non-hydrogen) atoms. The van der Waals surface area contributed by atoms with Crippen molar-refractivity contribution in [1.29, 1.82) is 0 Å². The average molecular weight is 432 g/mol. The second kappa shape index (κ2) is 8.89. The van der Waals surface area contributed by atoms with Crippen LogP contribution < -0.4 is 4.90 Å². The molecular formula is C30H25NO2. The van der Waals surface area contributed by atoms with E-state index in [4.69, 9.17) is 4.74 Å². The van der Waals surface area contributed by atoms with E-state index in [2.05, 4.69) is 30.3 Å². The molecule has 0 N–H and O–H groups in total. The van der Waals surface area contributed by atoms with Crippen molar-refractivity contribution >= 4 is 17.7 Å². The number of benzene rings is 4. The van der Waals surface area contributed by atoms with E-state index in [0.717, 1.165) is 27.9 Å². The predicted octanol–water partition coefficient (Wildman–Crippen LogP) is 6.40. The van der Waals surface area contributed by atoms with E-state index in [9.17, 15) is 4.79 Å². The number of rotatable bonds is 4. The number of carbonyl (C=O) groups is 1. The molecule has 0 fully saturated rings. The Balaban J connectivity index is 1.76. The molecule has 0 bridgehead atoms. The minimum absolute atomic E-state index is 0.0696. The molecule has 0 spiro atoms. The lowest BCUT2D eigenvalue weighted by molar-refractivity contribution is -0.121. The lowest BCUT2D eigenvalue weighted by Crippen LogP contribution is -2.51. The first-order valence-electron chi connectivity index (χ1n) is 11.1. The van der Waals surface area contributed by atoms with Gasteiger partial charge in [0.2, 0.25) is 5.91 Å². The first kappa shape index (κ1) is 20.9. The third-order valence-corrected chi connectivity index (χ3v) is 6.05. The first-order valence-corrected chi connectivity index (χ1v) is 11.1. The molecule has 1 aliphatic heterocycles. The SMILES string of the molecule is CC(=O)N1c2ccccc2C(c2ccccc2)(c2ccccc2)O[C@H]1C=Cc1ccccc1. The minimum Gasteiger partial charge on any atom is -0.334 e. The number of fused-ring (bicyclic) bond motifs is 1. The van der Waals surface area contributed by atoms with Crippen molar-refractivity contribution in [1.82, 2.24) is 0 Å². The number of nitrogens with zero attached hydrogens (tertiary/aromatic N) is 1. The molecule has 3 nitrogen and oxygen atoms in total. The standard InChI is InChI=1S/C30H25NO2/c1-23(32)31-28-20-12-11-19-27(28)30(25-15-7-3-8-16-25,26-17-9-4-10-18-26)33-29(31)22-21-24-13-5-2-6-14-24/h2-22,29H,1H3/t29-/m0/s1. The molecule has 4 aromatic carbocycles. The van der Waals surface area contributed by atoms with Crippen molar-refractivity contribution < 1.29 is 9.53 Å². The van der Waals surface area contributed by atoms with E-state index in [1.54, 1.807) is 11.8 Å². The third kappa shape index (κ3) is 3.77. The fourth-order valence-corrected chi connectivity index (χ4v) is 4.61. The van der Waals surface area contributed by atoms with Gasteiger partial charge in [-0.05, 0) is 28.8 Å². The molecule has 0 saturated heterocycles. The van der Waals surface area contributed by atoms with Crippen LogP contribution in [0.1, 0.15) is 29.2 Å². The third-order valence-electron chi connectivity index (χ3n) is 6.05. The Morgan fingerprint density at radius 2 is 1.27 bits per heavy atom. The molecule has 0 saturated carbocycles. The summed E-state index contributed by atoms with van der Waals surface area (Å²) in [7, 11) is 0. The first-order chi connectivity index (χ1) is 16.2. The fraction of sp³-hybridized carbons (Fsp3) is 0.100. The summed E-state index contributed by atoms with van der Waals surface area (Å²) in [6, 6.07) is 38.6. The summed E-state index contributed by atoms with van der Waals surface area (Å²) < 4.78 is 6.99. The Morgan fingerprint density at radius 1 is 0.758 bits per heavy atom. The Labute approximate surface area is 194 Å². The largest absolute Gasteiger partial charge is 0.334 e. The quantitative estimate of drug-likeness (QED) is 0.374. The monoisotopic (exact) mass is 431 g/mol. The average Bonchev–Trinajstić information content (AvgIpc) is 2.88. The van der Waals surface area contributed by atoms with E-state index in [1.807, 2.05) is 97.1 Å². The van der Waals surface area contributed by atoms with Gasteiger partial charge in [-0.3, -0.25) is 9.69 Å².